The highest BCUT2D eigenvalue weighted by molar-refractivity contribution is 5.75. The van der Waals surface area contributed by atoms with Crippen molar-refractivity contribution in [2.24, 2.45) is 0 Å². The number of aliphatic carboxylic acids is 1. The van der Waals surface area contributed by atoms with Crippen molar-refractivity contribution >= 4 is 5.97 Å². The van der Waals surface area contributed by atoms with E-state index in [1.54, 1.807) is 0 Å². The second kappa shape index (κ2) is 8.91. The molecule has 0 aliphatic carbocycles. The molecular formula is C20H24N2O4. The normalized spacial score (nSPS) is 18.3. The van der Waals surface area contributed by atoms with Gasteiger partial charge >= 0.3 is 5.97 Å². The quantitative estimate of drug-likeness (QED) is 0.587. The molecule has 6 nitrogen and oxygen atoms in total. The molecule has 2 unspecified atom stereocenters. The molecule has 26 heavy (non-hydrogen) atoms. The predicted octanol–water partition coefficient (Wildman–Crippen LogP) is 2.66. The molecule has 2 atom stereocenters. The molecule has 0 bridgehead atoms. The summed E-state index contributed by atoms with van der Waals surface area (Å²) in [4.78, 5) is 20.5. The molecule has 3 rings (SSSR count). The van der Waals surface area contributed by atoms with Crippen LogP contribution in [-0.2, 0) is 9.68 Å². The summed E-state index contributed by atoms with van der Waals surface area (Å²) in [5, 5.41) is 18.7. The Kier molecular flexibility index (Phi) is 6.35. The van der Waals surface area contributed by atoms with Gasteiger partial charge in [-0.2, -0.15) is 0 Å². The Morgan fingerprint density at radius 3 is 1.88 bits per heavy atom. The Hall–Kier alpha value is -2.25. The maximum Gasteiger partial charge on any atom is 0.325 e. The number of nitrogens with zero attached hydrogens (tertiary/aromatic N) is 2. The van der Waals surface area contributed by atoms with Crippen LogP contribution in [0, 0.1) is 0 Å². The van der Waals surface area contributed by atoms with Gasteiger partial charge in [0.05, 0.1) is 6.04 Å². The topological polar surface area (TPSA) is 73.2 Å². The summed E-state index contributed by atoms with van der Waals surface area (Å²) < 4.78 is 0. The number of carbonyl (C=O) groups is 1. The number of rotatable bonds is 7. The lowest BCUT2D eigenvalue weighted by Gasteiger charge is -2.41. The van der Waals surface area contributed by atoms with Gasteiger partial charge in [0.15, 0.2) is 0 Å². The van der Waals surface area contributed by atoms with Crippen molar-refractivity contribution in [1.29, 1.82) is 0 Å². The largest absolute Gasteiger partial charge is 0.480 e. The minimum absolute atomic E-state index is 0.0525. The van der Waals surface area contributed by atoms with Gasteiger partial charge in [-0.25, -0.2) is 4.89 Å². The Bertz CT molecular complexity index is 687. The van der Waals surface area contributed by atoms with E-state index in [0.29, 0.717) is 26.2 Å². The van der Waals surface area contributed by atoms with Crippen LogP contribution in [0.3, 0.4) is 0 Å². The van der Waals surface area contributed by atoms with Crippen LogP contribution in [0.25, 0.3) is 0 Å². The maximum absolute atomic E-state index is 11.8. The van der Waals surface area contributed by atoms with E-state index < -0.39 is 12.0 Å². The third-order valence-electron chi connectivity index (χ3n) is 4.92. The second-order valence-corrected chi connectivity index (χ2v) is 6.45. The first-order chi connectivity index (χ1) is 12.7. The van der Waals surface area contributed by atoms with Crippen molar-refractivity contribution in [3.05, 3.63) is 71.8 Å². The van der Waals surface area contributed by atoms with Gasteiger partial charge in [-0.05, 0) is 11.1 Å². The van der Waals surface area contributed by atoms with Crippen molar-refractivity contribution in [2.45, 2.75) is 12.1 Å². The average molecular weight is 356 g/mol. The summed E-state index contributed by atoms with van der Waals surface area (Å²) in [5.41, 5.74) is 1.87. The van der Waals surface area contributed by atoms with E-state index in [-0.39, 0.29) is 12.6 Å². The molecular weight excluding hydrogens is 332 g/mol. The van der Waals surface area contributed by atoms with Gasteiger partial charge in [-0.15, -0.1) is 0 Å². The molecule has 1 aliphatic rings. The van der Waals surface area contributed by atoms with Crippen LogP contribution in [0.1, 0.15) is 23.2 Å². The number of carboxylic acids is 1. The molecule has 1 saturated heterocycles. The number of piperazine rings is 1. The molecule has 2 aromatic rings. The third-order valence-corrected chi connectivity index (χ3v) is 4.92. The number of benzene rings is 2. The van der Waals surface area contributed by atoms with Crippen LogP contribution < -0.4 is 0 Å². The zero-order valence-corrected chi connectivity index (χ0v) is 14.6. The minimum atomic E-state index is -0.831. The highest BCUT2D eigenvalue weighted by Crippen LogP contribution is 2.27. The van der Waals surface area contributed by atoms with Crippen molar-refractivity contribution in [3.8, 4) is 0 Å². The van der Waals surface area contributed by atoms with E-state index in [1.807, 2.05) is 65.6 Å². The molecule has 1 fully saturated rings. The van der Waals surface area contributed by atoms with Crippen molar-refractivity contribution in [2.75, 3.05) is 32.8 Å². The summed E-state index contributed by atoms with van der Waals surface area (Å²) >= 11 is 0. The van der Waals surface area contributed by atoms with Crippen LogP contribution in [0.4, 0.5) is 0 Å². The molecule has 0 spiro atoms. The first kappa shape index (κ1) is 18.5. The molecule has 1 heterocycles. The molecule has 0 aromatic heterocycles. The molecule has 6 heteroatoms. The first-order valence-electron chi connectivity index (χ1n) is 8.78. The molecule has 0 saturated carbocycles. The highest BCUT2D eigenvalue weighted by atomic mass is 17.1. The monoisotopic (exact) mass is 356 g/mol. The lowest BCUT2D eigenvalue weighted by atomic mass is 10.0. The summed E-state index contributed by atoms with van der Waals surface area (Å²) in [6, 6.07) is 18.6. The van der Waals surface area contributed by atoms with Crippen molar-refractivity contribution in [1.82, 2.24) is 9.80 Å². The standard InChI is InChI=1S/C20H24N2O4/c23-20(24)19(17-9-5-2-6-10-17)22-13-11-21(12-14-22)18(15-26-25)16-7-3-1-4-8-16/h1-10,18-19,25H,11-15H2,(H,23,24). The van der Waals surface area contributed by atoms with Gasteiger partial charge in [0, 0.05) is 26.2 Å². The van der Waals surface area contributed by atoms with E-state index >= 15 is 0 Å². The Morgan fingerprint density at radius 1 is 0.885 bits per heavy atom. The summed E-state index contributed by atoms with van der Waals surface area (Å²) in [5.74, 6) is -0.831. The lowest BCUT2D eigenvalue weighted by molar-refractivity contribution is -0.253. The van der Waals surface area contributed by atoms with E-state index in [2.05, 4.69) is 9.79 Å². The fraction of sp³-hybridized carbons (Fsp3) is 0.350. The molecule has 0 radical (unpaired) electrons. The number of hydrogen-bond donors (Lipinski definition) is 2. The summed E-state index contributed by atoms with van der Waals surface area (Å²) in [6.45, 7) is 2.88. The van der Waals surface area contributed by atoms with E-state index in [9.17, 15) is 9.90 Å². The maximum atomic E-state index is 11.8. The van der Waals surface area contributed by atoms with Crippen LogP contribution in [0.5, 0.6) is 0 Å². The Labute approximate surface area is 153 Å². The second-order valence-electron chi connectivity index (χ2n) is 6.45. The van der Waals surface area contributed by atoms with E-state index in [0.717, 1.165) is 11.1 Å². The number of hydrogen-bond acceptors (Lipinski definition) is 5. The van der Waals surface area contributed by atoms with Crippen molar-refractivity contribution < 1.29 is 20.0 Å². The SMILES string of the molecule is O=C(O)C(c1ccccc1)N1CCN(C(COO)c2ccccc2)CC1. The third kappa shape index (κ3) is 4.28. The van der Waals surface area contributed by atoms with Crippen LogP contribution in [0.2, 0.25) is 0 Å². The molecule has 138 valence electrons. The van der Waals surface area contributed by atoms with Gasteiger partial charge < -0.3 is 5.11 Å². The molecule has 2 aromatic carbocycles. The van der Waals surface area contributed by atoms with Gasteiger partial charge in [-0.3, -0.25) is 19.9 Å². The smallest absolute Gasteiger partial charge is 0.325 e. The van der Waals surface area contributed by atoms with Crippen molar-refractivity contribution in [3.63, 3.8) is 0 Å². The fourth-order valence-corrected chi connectivity index (χ4v) is 3.61. The van der Waals surface area contributed by atoms with Gasteiger partial charge in [0.25, 0.3) is 0 Å². The van der Waals surface area contributed by atoms with E-state index in [1.165, 1.54) is 0 Å². The fourth-order valence-electron chi connectivity index (χ4n) is 3.61. The highest BCUT2D eigenvalue weighted by Gasteiger charge is 2.32. The van der Waals surface area contributed by atoms with Crippen LogP contribution in [0.15, 0.2) is 60.7 Å². The first-order valence-corrected chi connectivity index (χ1v) is 8.78. The lowest BCUT2D eigenvalue weighted by Crippen LogP contribution is -2.50. The Morgan fingerprint density at radius 2 is 1.38 bits per heavy atom. The van der Waals surface area contributed by atoms with Gasteiger partial charge in [0.2, 0.25) is 0 Å². The average Bonchev–Trinajstić information content (AvgIpc) is 2.68. The minimum Gasteiger partial charge on any atom is -0.480 e. The van der Waals surface area contributed by atoms with E-state index in [4.69, 9.17) is 5.26 Å². The van der Waals surface area contributed by atoms with Gasteiger partial charge in [-0.1, -0.05) is 60.7 Å². The summed E-state index contributed by atoms with van der Waals surface area (Å²) in [6.07, 6.45) is 0. The summed E-state index contributed by atoms with van der Waals surface area (Å²) in [7, 11) is 0. The molecule has 2 N–H and O–H groups in total. The molecule has 0 amide bonds. The number of carboxylic acid groups (broad SMARTS) is 1. The Balaban J connectivity index is 1.70. The zero-order chi connectivity index (χ0) is 18.4. The predicted molar refractivity (Wildman–Crippen MR) is 97.7 cm³/mol. The zero-order valence-electron chi connectivity index (χ0n) is 14.6. The van der Waals surface area contributed by atoms with Crippen LogP contribution >= 0.6 is 0 Å². The molecule has 1 aliphatic heterocycles. The van der Waals surface area contributed by atoms with Gasteiger partial charge in [0.1, 0.15) is 12.6 Å². The van der Waals surface area contributed by atoms with Crippen LogP contribution in [-0.4, -0.2) is 58.9 Å².